The molecule has 0 bridgehead atoms. The van der Waals surface area contributed by atoms with Crippen LogP contribution in [0.1, 0.15) is 310 Å². The van der Waals surface area contributed by atoms with Crippen molar-refractivity contribution in [3.63, 3.8) is 0 Å². The fourth-order valence-corrected chi connectivity index (χ4v) is 11.5. The molecular formula is C79H136O17P2. The van der Waals surface area contributed by atoms with Gasteiger partial charge in [-0.05, 0) is 122 Å². The molecule has 17 nitrogen and oxygen atoms in total. The Bertz CT molecular complexity index is 2290. The topological polar surface area (TPSA) is 237 Å². The lowest BCUT2D eigenvalue weighted by atomic mass is 10.1. The molecule has 0 saturated carbocycles. The summed E-state index contributed by atoms with van der Waals surface area (Å²) in [5.74, 6) is -2.26. The van der Waals surface area contributed by atoms with E-state index < -0.39 is 97.5 Å². The van der Waals surface area contributed by atoms with Crippen molar-refractivity contribution in [2.75, 3.05) is 39.6 Å². The second-order valence-electron chi connectivity index (χ2n) is 25.2. The van der Waals surface area contributed by atoms with Gasteiger partial charge in [-0.2, -0.15) is 0 Å². The lowest BCUT2D eigenvalue weighted by Crippen LogP contribution is -2.30. The Hall–Kier alpha value is -4.28. The fourth-order valence-electron chi connectivity index (χ4n) is 9.97. The van der Waals surface area contributed by atoms with Crippen LogP contribution in [0, 0.1) is 0 Å². The Morgan fingerprint density at radius 1 is 0.296 bits per heavy atom. The van der Waals surface area contributed by atoms with Gasteiger partial charge in [0.15, 0.2) is 12.2 Å². The molecule has 0 fully saturated rings. The molecule has 0 aromatic carbocycles. The molecule has 5 atom stereocenters. The summed E-state index contributed by atoms with van der Waals surface area (Å²) in [5.41, 5.74) is 0. The average Bonchev–Trinajstić information content (AvgIpc) is 0.986. The number of esters is 4. The average molecular weight is 1420 g/mol. The number of aliphatic hydroxyl groups is 1. The number of hydrogen-bond acceptors (Lipinski definition) is 15. The number of carbonyl (C=O) groups excluding carboxylic acids is 4. The van der Waals surface area contributed by atoms with Crippen LogP contribution in [0.25, 0.3) is 0 Å². The van der Waals surface area contributed by atoms with Crippen molar-refractivity contribution in [3.8, 4) is 0 Å². The maximum Gasteiger partial charge on any atom is 0.472 e. The molecular weight excluding hydrogens is 1280 g/mol. The largest absolute Gasteiger partial charge is 0.472 e. The minimum absolute atomic E-state index is 0.0618. The summed E-state index contributed by atoms with van der Waals surface area (Å²) < 4.78 is 68.4. The van der Waals surface area contributed by atoms with Gasteiger partial charge >= 0.3 is 39.5 Å². The first-order valence-corrected chi connectivity index (χ1v) is 41.1. The van der Waals surface area contributed by atoms with Crippen LogP contribution >= 0.6 is 15.6 Å². The highest BCUT2D eigenvalue weighted by molar-refractivity contribution is 7.47. The van der Waals surface area contributed by atoms with E-state index in [0.717, 1.165) is 148 Å². The molecule has 0 aromatic rings. The molecule has 0 radical (unpaired) electrons. The third kappa shape index (κ3) is 70.2. The summed E-state index contributed by atoms with van der Waals surface area (Å²) in [6.07, 6.45) is 75.2. The van der Waals surface area contributed by atoms with Gasteiger partial charge in [0.2, 0.25) is 0 Å². The van der Waals surface area contributed by atoms with Crippen molar-refractivity contribution in [2.45, 2.75) is 329 Å². The lowest BCUT2D eigenvalue weighted by molar-refractivity contribution is -0.161. The molecule has 0 spiro atoms. The highest BCUT2D eigenvalue weighted by atomic mass is 31.2. The van der Waals surface area contributed by atoms with Crippen LogP contribution in [0.3, 0.4) is 0 Å². The zero-order chi connectivity index (χ0) is 71.8. The first kappa shape index (κ1) is 93.7. The molecule has 98 heavy (non-hydrogen) atoms. The molecule has 5 unspecified atom stereocenters. The van der Waals surface area contributed by atoms with E-state index in [1.54, 1.807) is 0 Å². The number of ether oxygens (including phenoxy) is 4. The molecule has 0 heterocycles. The van der Waals surface area contributed by atoms with Crippen LogP contribution in [0.2, 0.25) is 0 Å². The van der Waals surface area contributed by atoms with E-state index in [9.17, 15) is 43.2 Å². The SMILES string of the molecule is CC/C=C\C/C=C\C/C=C\C/C=C\C/C=C\CCCC(=O)OCC(COP(=O)(O)OCC(O)COP(=O)(O)OCC(COC(=O)CCCCCCC/C=C\CCCCCCCC)OC(=O)CCCCCCCCCCCCC)OC(=O)CCCCCCC/C=C\C/C=C\C/C=C\CC. The predicted octanol–water partition coefficient (Wildman–Crippen LogP) is 21.8. The monoisotopic (exact) mass is 1420 g/mol. The van der Waals surface area contributed by atoms with Crippen LogP contribution in [-0.4, -0.2) is 96.7 Å². The van der Waals surface area contributed by atoms with Gasteiger partial charge in [0.1, 0.15) is 19.3 Å². The Labute approximate surface area is 594 Å². The molecule has 0 rings (SSSR count). The second kappa shape index (κ2) is 71.1. The molecule has 0 amide bonds. The normalized spacial score (nSPS) is 14.6. The van der Waals surface area contributed by atoms with Gasteiger partial charge in [0.25, 0.3) is 0 Å². The summed E-state index contributed by atoms with van der Waals surface area (Å²) in [4.78, 5) is 72.8. The Morgan fingerprint density at radius 3 is 0.867 bits per heavy atom. The maximum atomic E-state index is 13.1. The van der Waals surface area contributed by atoms with Crippen molar-refractivity contribution in [1.82, 2.24) is 0 Å². The van der Waals surface area contributed by atoms with Gasteiger partial charge in [-0.15, -0.1) is 0 Å². The van der Waals surface area contributed by atoms with Crippen LogP contribution in [-0.2, 0) is 65.4 Å². The number of aliphatic hydroxyl groups excluding tert-OH is 1. The molecule has 3 N–H and O–H groups in total. The van der Waals surface area contributed by atoms with E-state index in [1.807, 2.05) is 12.2 Å². The number of unbranched alkanes of at least 4 members (excludes halogenated alkanes) is 27. The van der Waals surface area contributed by atoms with Gasteiger partial charge in [-0.1, -0.05) is 272 Å². The summed E-state index contributed by atoms with van der Waals surface area (Å²) in [5, 5.41) is 10.6. The molecule has 0 saturated heterocycles. The maximum absolute atomic E-state index is 13.1. The standard InChI is InChI=1S/C79H136O17P2/c1-5-9-13-17-21-25-29-32-35-36-39-41-45-48-52-56-60-64-77(82)90-70-75(96-79(84)66-62-58-54-50-46-42-38-34-31-27-23-19-15-11-7-3)72-94-98(87,88)92-68-73(80)67-91-97(85,86)93-71-74(95-78(83)65-61-57-53-49-43-28-24-20-16-12-8-4)69-89-76(81)63-59-55-51-47-44-40-37-33-30-26-22-18-14-10-6-2/h9,11,13,15,21,23,25,27,32-35,37-39,41,48,52,73-75,80H,5-8,10,12,14,16-20,22,24,26,28-31,36,40,42-47,49-51,53-72H2,1-4H3,(H,85,86)(H,87,88)/b13-9-,15-11-,25-21-,27-23-,35-32-,37-33-,38-34-,41-39-,52-48-. The molecule has 0 aromatic heterocycles. The van der Waals surface area contributed by atoms with E-state index >= 15 is 0 Å². The third-order valence-corrected chi connectivity index (χ3v) is 17.6. The van der Waals surface area contributed by atoms with Gasteiger partial charge < -0.3 is 33.8 Å². The molecule has 0 aliphatic carbocycles. The minimum atomic E-state index is -4.99. The van der Waals surface area contributed by atoms with Crippen molar-refractivity contribution >= 4 is 39.5 Å². The van der Waals surface area contributed by atoms with Crippen molar-refractivity contribution in [1.29, 1.82) is 0 Å². The van der Waals surface area contributed by atoms with E-state index in [4.69, 9.17) is 37.0 Å². The smallest absolute Gasteiger partial charge is 0.462 e. The first-order valence-electron chi connectivity index (χ1n) is 38.1. The zero-order valence-electron chi connectivity index (χ0n) is 61.4. The Morgan fingerprint density at radius 2 is 0.541 bits per heavy atom. The minimum Gasteiger partial charge on any atom is -0.462 e. The third-order valence-electron chi connectivity index (χ3n) is 15.7. The number of rotatable bonds is 71. The Balaban J connectivity index is 5.39. The van der Waals surface area contributed by atoms with E-state index in [1.165, 1.54) is 77.0 Å². The summed E-state index contributed by atoms with van der Waals surface area (Å²) >= 11 is 0. The lowest BCUT2D eigenvalue weighted by Gasteiger charge is -2.21. The van der Waals surface area contributed by atoms with E-state index in [-0.39, 0.29) is 25.7 Å². The number of phosphoric ester groups is 2. The molecule has 0 aliphatic heterocycles. The van der Waals surface area contributed by atoms with E-state index in [2.05, 4.69) is 125 Å². The predicted molar refractivity (Wildman–Crippen MR) is 399 cm³/mol. The number of carbonyl (C=O) groups is 4. The van der Waals surface area contributed by atoms with Gasteiger partial charge in [-0.25, -0.2) is 9.13 Å². The number of phosphoric acid groups is 2. The van der Waals surface area contributed by atoms with Crippen LogP contribution < -0.4 is 0 Å². The van der Waals surface area contributed by atoms with Gasteiger partial charge in [0.05, 0.1) is 26.4 Å². The highest BCUT2D eigenvalue weighted by Crippen LogP contribution is 2.45. The Kier molecular flexibility index (Phi) is 68.0. The molecule has 19 heteroatoms. The van der Waals surface area contributed by atoms with Crippen molar-refractivity contribution in [3.05, 3.63) is 109 Å². The van der Waals surface area contributed by atoms with Gasteiger partial charge in [-0.3, -0.25) is 37.3 Å². The molecule has 564 valence electrons. The van der Waals surface area contributed by atoms with Crippen molar-refractivity contribution < 1.29 is 80.2 Å². The zero-order valence-corrected chi connectivity index (χ0v) is 63.2. The van der Waals surface area contributed by atoms with E-state index in [0.29, 0.717) is 32.1 Å². The summed E-state index contributed by atoms with van der Waals surface area (Å²) in [6, 6.07) is 0. The van der Waals surface area contributed by atoms with Crippen molar-refractivity contribution in [2.24, 2.45) is 0 Å². The second-order valence-corrected chi connectivity index (χ2v) is 28.1. The van der Waals surface area contributed by atoms with Crippen LogP contribution in [0.15, 0.2) is 109 Å². The number of allylic oxidation sites excluding steroid dienone is 18. The fraction of sp³-hybridized carbons (Fsp3) is 0.722. The summed E-state index contributed by atoms with van der Waals surface area (Å²) in [6.45, 7) is 4.55. The quantitative estimate of drug-likeness (QED) is 0.0169. The van der Waals surface area contributed by atoms with Gasteiger partial charge in [0, 0.05) is 25.7 Å². The molecule has 0 aliphatic rings. The first-order chi connectivity index (χ1) is 47.7. The highest BCUT2D eigenvalue weighted by Gasteiger charge is 2.30. The van der Waals surface area contributed by atoms with Crippen LogP contribution in [0.5, 0.6) is 0 Å². The van der Waals surface area contributed by atoms with Crippen LogP contribution in [0.4, 0.5) is 0 Å². The summed E-state index contributed by atoms with van der Waals surface area (Å²) in [7, 11) is -9.97. The number of hydrogen-bond donors (Lipinski definition) is 3.